The van der Waals surface area contributed by atoms with Crippen LogP contribution in [0.2, 0.25) is 0 Å². The van der Waals surface area contributed by atoms with Crippen LogP contribution in [-0.2, 0) is 11.3 Å². The number of nitrogens with one attached hydrogen (secondary N) is 2. The minimum absolute atomic E-state index is 0.341. The zero-order valence-electron chi connectivity index (χ0n) is 20.7. The highest BCUT2D eigenvalue weighted by Gasteiger charge is 2.26. The monoisotopic (exact) mass is 520 g/mol. The second kappa shape index (κ2) is 10.7. The summed E-state index contributed by atoms with van der Waals surface area (Å²) in [6.07, 6.45) is 5.31. The summed E-state index contributed by atoms with van der Waals surface area (Å²) in [7, 11) is 0. The Bertz CT molecular complexity index is 1340. The van der Waals surface area contributed by atoms with E-state index in [1.807, 2.05) is 26.0 Å². The van der Waals surface area contributed by atoms with Crippen molar-refractivity contribution < 1.29 is 14.1 Å². The molecule has 2 fully saturated rings. The van der Waals surface area contributed by atoms with Crippen molar-refractivity contribution in [1.29, 1.82) is 0 Å². The van der Waals surface area contributed by atoms with E-state index in [9.17, 15) is 9.59 Å². The maximum atomic E-state index is 11.8. The number of nitrogen functional groups attached to an aromatic ring is 1. The van der Waals surface area contributed by atoms with Crippen molar-refractivity contribution >= 4 is 40.8 Å². The van der Waals surface area contributed by atoms with E-state index in [4.69, 9.17) is 10.3 Å². The number of hydrogen-bond donors (Lipinski definition) is 3. The van der Waals surface area contributed by atoms with Gasteiger partial charge in [-0.3, -0.25) is 14.9 Å². The lowest BCUT2D eigenvalue weighted by molar-refractivity contribution is -0.115. The molecule has 11 nitrogen and oxygen atoms in total. The SMILES string of the molecule is Cc1noc(C)c1-c1nc(N)ccc1CNCC1CCN(c2nccc(/C=C3/SC(=O)NC3=O)n2)CC1. The number of nitrogens with two attached hydrogens (primary N) is 1. The van der Waals surface area contributed by atoms with Crippen LogP contribution in [-0.4, -0.2) is 50.9 Å². The van der Waals surface area contributed by atoms with E-state index in [0.717, 1.165) is 72.5 Å². The highest BCUT2D eigenvalue weighted by molar-refractivity contribution is 8.18. The zero-order valence-corrected chi connectivity index (χ0v) is 21.5. The third kappa shape index (κ3) is 5.65. The molecule has 5 heterocycles. The van der Waals surface area contributed by atoms with Crippen molar-refractivity contribution in [2.24, 2.45) is 5.92 Å². The molecule has 37 heavy (non-hydrogen) atoms. The van der Waals surface area contributed by atoms with Crippen molar-refractivity contribution in [3.63, 3.8) is 0 Å². The number of aromatic nitrogens is 4. The fourth-order valence-electron chi connectivity index (χ4n) is 4.58. The van der Waals surface area contributed by atoms with Gasteiger partial charge in [0.25, 0.3) is 11.1 Å². The van der Waals surface area contributed by atoms with Gasteiger partial charge in [-0.15, -0.1) is 0 Å². The van der Waals surface area contributed by atoms with Gasteiger partial charge >= 0.3 is 0 Å². The number of hydrogen-bond acceptors (Lipinski definition) is 11. The number of carbonyl (C=O) groups is 2. The van der Waals surface area contributed by atoms with Gasteiger partial charge in [0.2, 0.25) is 5.95 Å². The van der Waals surface area contributed by atoms with Crippen LogP contribution >= 0.6 is 11.8 Å². The van der Waals surface area contributed by atoms with Gasteiger partial charge in [0, 0.05) is 25.8 Å². The number of carbonyl (C=O) groups excluding carboxylic acids is 2. The fraction of sp³-hybridized carbons (Fsp3) is 0.360. The van der Waals surface area contributed by atoms with Gasteiger partial charge in [-0.05, 0) is 74.7 Å². The van der Waals surface area contributed by atoms with Crippen molar-refractivity contribution in [2.75, 3.05) is 30.3 Å². The first-order valence-corrected chi connectivity index (χ1v) is 12.9. The second-order valence-electron chi connectivity index (χ2n) is 9.14. The minimum Gasteiger partial charge on any atom is -0.384 e. The molecule has 0 spiro atoms. The minimum atomic E-state index is -0.392. The van der Waals surface area contributed by atoms with Gasteiger partial charge in [0.15, 0.2) is 0 Å². The molecule has 2 saturated heterocycles. The third-order valence-corrected chi connectivity index (χ3v) is 7.31. The molecule has 0 aromatic carbocycles. The highest BCUT2D eigenvalue weighted by atomic mass is 32.2. The summed E-state index contributed by atoms with van der Waals surface area (Å²) in [5.41, 5.74) is 10.1. The molecule has 12 heteroatoms. The molecule has 0 unspecified atom stereocenters. The topological polar surface area (TPSA) is 152 Å². The van der Waals surface area contributed by atoms with E-state index in [1.165, 1.54) is 0 Å². The number of aryl methyl sites for hydroxylation is 2. The van der Waals surface area contributed by atoms with Crippen LogP contribution < -0.4 is 21.3 Å². The van der Waals surface area contributed by atoms with Gasteiger partial charge < -0.3 is 20.5 Å². The summed E-state index contributed by atoms with van der Waals surface area (Å²) in [5.74, 6) is 1.96. The maximum absolute atomic E-state index is 11.8. The molecule has 0 aliphatic carbocycles. The molecule has 3 aromatic rings. The van der Waals surface area contributed by atoms with E-state index in [0.29, 0.717) is 34.8 Å². The number of pyridine rings is 1. The lowest BCUT2D eigenvalue weighted by Crippen LogP contribution is -2.38. The predicted octanol–water partition coefficient (Wildman–Crippen LogP) is 3.06. The summed E-state index contributed by atoms with van der Waals surface area (Å²) in [5, 5.41) is 9.54. The second-order valence-corrected chi connectivity index (χ2v) is 10.2. The van der Waals surface area contributed by atoms with E-state index >= 15 is 0 Å². The average Bonchev–Trinajstić information content (AvgIpc) is 3.39. The fourth-order valence-corrected chi connectivity index (χ4v) is 5.25. The predicted molar refractivity (Wildman–Crippen MR) is 141 cm³/mol. The lowest BCUT2D eigenvalue weighted by Gasteiger charge is -2.32. The summed E-state index contributed by atoms with van der Waals surface area (Å²) in [6, 6.07) is 5.55. The van der Waals surface area contributed by atoms with E-state index < -0.39 is 5.91 Å². The average molecular weight is 521 g/mol. The first kappa shape index (κ1) is 24.9. The number of piperidine rings is 1. The van der Waals surface area contributed by atoms with Crippen molar-refractivity contribution in [3.05, 3.63) is 52.0 Å². The first-order valence-electron chi connectivity index (χ1n) is 12.1. The normalized spacial score (nSPS) is 17.6. The Balaban J connectivity index is 1.16. The smallest absolute Gasteiger partial charge is 0.290 e. The summed E-state index contributed by atoms with van der Waals surface area (Å²) in [4.78, 5) is 39.3. The number of rotatable bonds is 7. The van der Waals surface area contributed by atoms with Crippen LogP contribution in [0.4, 0.5) is 16.6 Å². The van der Waals surface area contributed by atoms with Crippen molar-refractivity contribution in [3.8, 4) is 11.3 Å². The Kier molecular flexibility index (Phi) is 7.19. The molecule has 5 rings (SSSR count). The number of thioether (sulfide) groups is 1. The molecule has 2 amide bonds. The largest absolute Gasteiger partial charge is 0.384 e. The highest BCUT2D eigenvalue weighted by Crippen LogP contribution is 2.29. The van der Waals surface area contributed by atoms with Crippen LogP contribution in [0.3, 0.4) is 0 Å². The Morgan fingerprint density at radius 3 is 2.73 bits per heavy atom. The van der Waals surface area contributed by atoms with Gasteiger partial charge in [0.05, 0.1) is 27.6 Å². The van der Waals surface area contributed by atoms with E-state index in [2.05, 4.69) is 35.6 Å². The quantitative estimate of drug-likeness (QED) is 0.394. The zero-order chi connectivity index (χ0) is 25.9. The van der Waals surface area contributed by atoms with E-state index in [-0.39, 0.29) is 5.24 Å². The Morgan fingerprint density at radius 2 is 2.03 bits per heavy atom. The molecule has 0 saturated carbocycles. The molecule has 2 aliphatic rings. The van der Waals surface area contributed by atoms with Crippen LogP contribution in [0.15, 0.2) is 33.8 Å². The number of nitrogens with zero attached hydrogens (tertiary/aromatic N) is 5. The molecular formula is C25H28N8O3S. The molecule has 0 radical (unpaired) electrons. The summed E-state index contributed by atoms with van der Waals surface area (Å²) >= 11 is 0.881. The molecular weight excluding hydrogens is 492 g/mol. The van der Waals surface area contributed by atoms with Crippen LogP contribution in [0.1, 0.15) is 35.6 Å². The molecule has 3 aromatic heterocycles. The van der Waals surface area contributed by atoms with Crippen molar-refractivity contribution in [2.45, 2.75) is 33.2 Å². The molecule has 192 valence electrons. The first-order chi connectivity index (χ1) is 17.9. The van der Waals surface area contributed by atoms with Crippen LogP contribution in [0.5, 0.6) is 0 Å². The lowest BCUT2D eigenvalue weighted by atomic mass is 9.96. The Labute approximate surface area is 218 Å². The van der Waals surface area contributed by atoms with Gasteiger partial charge in [0.1, 0.15) is 11.6 Å². The van der Waals surface area contributed by atoms with Gasteiger partial charge in [-0.1, -0.05) is 11.2 Å². The number of anilines is 2. The third-order valence-electron chi connectivity index (χ3n) is 6.50. The number of amides is 2. The van der Waals surface area contributed by atoms with Crippen LogP contribution in [0.25, 0.3) is 17.3 Å². The number of imide groups is 1. The van der Waals surface area contributed by atoms with Crippen LogP contribution in [0, 0.1) is 19.8 Å². The standard InChI is InChI=1S/C25H28N8O3S/c1-14-21(15(2)36-32-14)22-17(3-4-20(26)30-22)13-27-12-16-6-9-33(10-7-16)24-28-8-5-18(29-24)11-19-23(34)31-25(35)37-19/h3-5,8,11,16,27H,6-7,9-10,12-13H2,1-2H3,(H2,26,30)(H,31,34,35)/b19-11+. The summed E-state index contributed by atoms with van der Waals surface area (Å²) in [6.45, 7) is 7.02. The molecule has 0 bridgehead atoms. The molecule has 2 aliphatic heterocycles. The molecule has 4 N–H and O–H groups in total. The maximum Gasteiger partial charge on any atom is 0.290 e. The van der Waals surface area contributed by atoms with Gasteiger partial charge in [-0.2, -0.15) is 0 Å². The van der Waals surface area contributed by atoms with E-state index in [1.54, 1.807) is 18.3 Å². The Hall–Kier alpha value is -3.77. The summed E-state index contributed by atoms with van der Waals surface area (Å²) < 4.78 is 5.34. The molecule has 0 atom stereocenters. The van der Waals surface area contributed by atoms with Crippen molar-refractivity contribution in [1.82, 2.24) is 30.7 Å². The van der Waals surface area contributed by atoms with Gasteiger partial charge in [-0.25, -0.2) is 15.0 Å². The Morgan fingerprint density at radius 1 is 1.22 bits per heavy atom.